The number of nitrogens with zero attached hydrogens (tertiary/aromatic N) is 1. The van der Waals surface area contributed by atoms with Crippen LogP contribution in [-0.4, -0.2) is 12.1 Å². The third-order valence-electron chi connectivity index (χ3n) is 1.49. The molecule has 0 radical (unpaired) electrons. The van der Waals surface area contributed by atoms with Crippen molar-refractivity contribution < 1.29 is 0 Å². The molecule has 1 aliphatic heterocycles. The summed E-state index contributed by atoms with van der Waals surface area (Å²) in [7, 11) is 1.81. The molecule has 1 aliphatic rings. The van der Waals surface area contributed by atoms with Gasteiger partial charge in [0, 0.05) is 12.6 Å². The molecule has 0 atom stereocenters. The van der Waals surface area contributed by atoms with Gasteiger partial charge in [-0.2, -0.15) is 0 Å². The summed E-state index contributed by atoms with van der Waals surface area (Å²) in [6.45, 7) is 5.74. The van der Waals surface area contributed by atoms with Crippen LogP contribution in [0.4, 0.5) is 0 Å². The maximum absolute atomic E-state index is 4.15. The van der Waals surface area contributed by atoms with Crippen LogP contribution in [0.5, 0.6) is 0 Å². The van der Waals surface area contributed by atoms with Gasteiger partial charge in [0.2, 0.25) is 0 Å². The first-order valence-electron chi connectivity index (χ1n) is 3.43. The Labute approximate surface area is 71.6 Å². The molecule has 0 fully saturated rings. The molecule has 0 N–H and O–H groups in total. The minimum atomic E-state index is 1.09. The maximum atomic E-state index is 4.15. The summed E-state index contributed by atoms with van der Waals surface area (Å²) in [6.07, 6.45) is 3.79. The molecule has 11 heavy (non-hydrogen) atoms. The van der Waals surface area contributed by atoms with Crippen LogP contribution in [-0.2, 0) is 0 Å². The second-order valence-corrected chi connectivity index (χ2v) is 3.12. The molecule has 0 aromatic rings. The average molecular weight is 165 g/mol. The first-order valence-corrected chi connectivity index (χ1v) is 4.31. The van der Waals surface area contributed by atoms with E-state index in [9.17, 15) is 0 Å². The molecule has 1 heterocycles. The topological polar surface area (TPSA) is 12.4 Å². The lowest BCUT2D eigenvalue weighted by Crippen LogP contribution is -1.91. The number of hydrogen-bond donors (Lipinski definition) is 0. The lowest BCUT2D eigenvalue weighted by molar-refractivity contribution is 1.43. The molecule has 2 heteroatoms. The predicted molar refractivity (Wildman–Crippen MR) is 53.0 cm³/mol. The highest BCUT2D eigenvalue weighted by Crippen LogP contribution is 2.29. The summed E-state index contributed by atoms with van der Waals surface area (Å²) in [5.74, 6) is 0. The van der Waals surface area contributed by atoms with Gasteiger partial charge in [-0.3, -0.25) is 4.99 Å². The smallest absolute Gasteiger partial charge is 0.102 e. The minimum Gasteiger partial charge on any atom is -0.281 e. The van der Waals surface area contributed by atoms with Crippen molar-refractivity contribution in [3.05, 3.63) is 35.3 Å². The summed E-state index contributed by atoms with van der Waals surface area (Å²) < 4.78 is 0. The molecular weight excluding hydrogens is 154 g/mol. The molecule has 58 valence electrons. The van der Waals surface area contributed by atoms with Crippen LogP contribution in [0.15, 0.2) is 40.3 Å². The van der Waals surface area contributed by atoms with Gasteiger partial charge in [-0.1, -0.05) is 30.5 Å². The van der Waals surface area contributed by atoms with Crippen molar-refractivity contribution in [2.75, 3.05) is 7.05 Å². The second kappa shape index (κ2) is 3.58. The van der Waals surface area contributed by atoms with Gasteiger partial charge in [0.25, 0.3) is 0 Å². The molecule has 1 rings (SSSR count). The largest absolute Gasteiger partial charge is 0.281 e. The van der Waals surface area contributed by atoms with Gasteiger partial charge in [0.1, 0.15) is 5.04 Å². The lowest BCUT2D eigenvalue weighted by Gasteiger charge is -1.97. The number of aliphatic imine (C=N–C) groups is 1. The maximum Gasteiger partial charge on any atom is 0.102 e. The Morgan fingerprint density at radius 1 is 1.64 bits per heavy atom. The van der Waals surface area contributed by atoms with E-state index in [1.807, 2.05) is 13.1 Å². The Morgan fingerprint density at radius 2 is 2.36 bits per heavy atom. The van der Waals surface area contributed by atoms with Crippen molar-refractivity contribution in [1.82, 2.24) is 0 Å². The summed E-state index contributed by atoms with van der Waals surface area (Å²) in [6, 6.07) is 0. The van der Waals surface area contributed by atoms with Crippen molar-refractivity contribution in [3.8, 4) is 0 Å². The van der Waals surface area contributed by atoms with E-state index < -0.39 is 0 Å². The predicted octanol–water partition coefficient (Wildman–Crippen LogP) is 2.78. The molecule has 0 spiro atoms. The van der Waals surface area contributed by atoms with Gasteiger partial charge in [-0.05, 0) is 17.9 Å². The van der Waals surface area contributed by atoms with Crippen molar-refractivity contribution in [3.63, 3.8) is 0 Å². The number of allylic oxidation sites excluding steroid dienone is 3. The Morgan fingerprint density at radius 3 is 2.91 bits per heavy atom. The van der Waals surface area contributed by atoms with E-state index in [-0.39, 0.29) is 0 Å². The second-order valence-electron chi connectivity index (χ2n) is 2.26. The molecule has 0 aromatic carbocycles. The fraction of sp³-hybridized carbons (Fsp3) is 0.222. The Kier molecular flexibility index (Phi) is 2.71. The zero-order valence-corrected chi connectivity index (χ0v) is 7.61. The molecule has 0 saturated carbocycles. The van der Waals surface area contributed by atoms with E-state index >= 15 is 0 Å². The first kappa shape index (κ1) is 8.34. The molecule has 0 unspecified atom stereocenters. The average Bonchev–Trinajstić information content (AvgIpc) is 2.34. The molecular formula is C9H11NS. The van der Waals surface area contributed by atoms with E-state index in [2.05, 4.69) is 23.9 Å². The third kappa shape index (κ3) is 1.63. The van der Waals surface area contributed by atoms with E-state index in [0.717, 1.165) is 5.04 Å². The minimum absolute atomic E-state index is 1.09. The van der Waals surface area contributed by atoms with Crippen LogP contribution in [0, 0.1) is 0 Å². The fourth-order valence-electron chi connectivity index (χ4n) is 0.934. The van der Waals surface area contributed by atoms with E-state index in [1.165, 1.54) is 11.1 Å². The molecule has 0 amide bonds. The van der Waals surface area contributed by atoms with Gasteiger partial charge in [0.05, 0.1) is 0 Å². The highest BCUT2D eigenvalue weighted by molar-refractivity contribution is 8.17. The molecule has 0 aliphatic carbocycles. The van der Waals surface area contributed by atoms with Crippen molar-refractivity contribution in [1.29, 1.82) is 0 Å². The first-order chi connectivity index (χ1) is 5.29. The van der Waals surface area contributed by atoms with Gasteiger partial charge < -0.3 is 0 Å². The summed E-state index contributed by atoms with van der Waals surface area (Å²) in [4.78, 5) is 4.15. The number of hydrogen-bond acceptors (Lipinski definition) is 2. The summed E-state index contributed by atoms with van der Waals surface area (Å²) in [5, 5.41) is 3.19. The lowest BCUT2D eigenvalue weighted by atomic mass is 10.1. The Hall–Kier alpha value is -0.760. The van der Waals surface area contributed by atoms with Gasteiger partial charge in [0.15, 0.2) is 0 Å². The van der Waals surface area contributed by atoms with Crippen LogP contribution in [0.1, 0.15) is 6.92 Å². The summed E-state index contributed by atoms with van der Waals surface area (Å²) >= 11 is 1.67. The normalized spacial score (nSPS) is 24.4. The van der Waals surface area contributed by atoms with Crippen LogP contribution in [0.3, 0.4) is 0 Å². The van der Waals surface area contributed by atoms with Gasteiger partial charge in [-0.25, -0.2) is 0 Å². The van der Waals surface area contributed by atoms with Crippen LogP contribution >= 0.6 is 11.8 Å². The third-order valence-corrected chi connectivity index (χ3v) is 2.59. The monoisotopic (exact) mass is 165 g/mol. The fourth-order valence-corrected chi connectivity index (χ4v) is 1.81. The van der Waals surface area contributed by atoms with Crippen LogP contribution in [0.25, 0.3) is 0 Å². The van der Waals surface area contributed by atoms with E-state index in [1.54, 1.807) is 17.8 Å². The van der Waals surface area contributed by atoms with Crippen molar-refractivity contribution in [2.24, 2.45) is 4.99 Å². The standard InChI is InChI=1S/C9H11NS/c1-4-5-8-7(2)6-11-9(8)10-3/h4-6H,1H2,2-3H3/b8-5-,10-9+. The Bertz CT molecular complexity index is 259. The van der Waals surface area contributed by atoms with Crippen LogP contribution < -0.4 is 0 Å². The van der Waals surface area contributed by atoms with E-state index in [4.69, 9.17) is 0 Å². The quantitative estimate of drug-likeness (QED) is 0.582. The SMILES string of the molecule is C=C/C=C1/C(C)=CS/C1=N/C. The highest BCUT2D eigenvalue weighted by Gasteiger charge is 2.13. The van der Waals surface area contributed by atoms with E-state index in [0.29, 0.717) is 0 Å². The zero-order valence-electron chi connectivity index (χ0n) is 6.79. The van der Waals surface area contributed by atoms with Crippen LogP contribution in [0.2, 0.25) is 0 Å². The Balaban J connectivity index is 2.98. The van der Waals surface area contributed by atoms with Crippen molar-refractivity contribution in [2.45, 2.75) is 6.92 Å². The molecule has 0 bridgehead atoms. The van der Waals surface area contributed by atoms with Gasteiger partial charge in [-0.15, -0.1) is 0 Å². The molecule has 0 aromatic heterocycles. The number of rotatable bonds is 1. The highest BCUT2D eigenvalue weighted by atomic mass is 32.2. The van der Waals surface area contributed by atoms with Crippen molar-refractivity contribution >= 4 is 16.8 Å². The molecule has 0 saturated heterocycles. The number of thioether (sulfide) groups is 1. The molecule has 1 nitrogen and oxygen atoms in total. The zero-order chi connectivity index (χ0) is 8.27. The van der Waals surface area contributed by atoms with Gasteiger partial charge >= 0.3 is 0 Å². The summed E-state index contributed by atoms with van der Waals surface area (Å²) in [5.41, 5.74) is 2.48.